The van der Waals surface area contributed by atoms with E-state index in [2.05, 4.69) is 19.2 Å². The Bertz CT molecular complexity index is 795. The summed E-state index contributed by atoms with van der Waals surface area (Å²) in [5, 5.41) is 2.66. The van der Waals surface area contributed by atoms with E-state index in [9.17, 15) is 14.4 Å². The van der Waals surface area contributed by atoms with Crippen LogP contribution in [0.25, 0.3) is 0 Å². The van der Waals surface area contributed by atoms with Crippen molar-refractivity contribution >= 4 is 18.0 Å². The van der Waals surface area contributed by atoms with Gasteiger partial charge < -0.3 is 19.5 Å². The van der Waals surface area contributed by atoms with E-state index in [1.807, 2.05) is 0 Å². The first kappa shape index (κ1) is 49.2. The highest BCUT2D eigenvalue weighted by molar-refractivity contribution is 5.71. The molecular formula is C44H85NO6. The van der Waals surface area contributed by atoms with Crippen LogP contribution >= 0.6 is 0 Å². The number of esters is 2. The number of unbranched alkanes of at least 4 members (excludes halogenated alkanes) is 28. The van der Waals surface area contributed by atoms with Gasteiger partial charge in [0.15, 0.2) is 6.10 Å². The van der Waals surface area contributed by atoms with E-state index in [1.54, 1.807) is 20.8 Å². The zero-order chi connectivity index (χ0) is 37.7. The molecule has 0 bridgehead atoms. The standard InChI is InChI=1S/C44H85NO6/c1-6-8-10-12-14-16-18-20-22-24-26-28-30-32-34-36-41(46)49-39-40(38-45-43(48)51-44(3,4)5)50-42(47)37-35-33-31-29-27-25-23-21-19-17-15-13-11-9-7-2/h40H,6-39H2,1-5H3,(H,45,48). The number of carbonyl (C=O) groups excluding carboxylic acids is 3. The molecule has 7 heteroatoms. The lowest BCUT2D eigenvalue weighted by atomic mass is 10.0. The van der Waals surface area contributed by atoms with Crippen molar-refractivity contribution in [3.8, 4) is 0 Å². The highest BCUT2D eigenvalue weighted by Gasteiger charge is 2.21. The minimum absolute atomic E-state index is 0.0335. The van der Waals surface area contributed by atoms with E-state index in [1.165, 1.54) is 154 Å². The Balaban J connectivity index is 4.10. The van der Waals surface area contributed by atoms with Gasteiger partial charge in [0.25, 0.3) is 0 Å². The van der Waals surface area contributed by atoms with Gasteiger partial charge in [-0.2, -0.15) is 0 Å². The van der Waals surface area contributed by atoms with Crippen molar-refractivity contribution in [1.29, 1.82) is 0 Å². The van der Waals surface area contributed by atoms with Crippen molar-refractivity contribution < 1.29 is 28.6 Å². The fourth-order valence-electron chi connectivity index (χ4n) is 6.43. The Hall–Kier alpha value is -1.79. The van der Waals surface area contributed by atoms with Crippen LogP contribution in [0.3, 0.4) is 0 Å². The predicted molar refractivity (Wildman–Crippen MR) is 214 cm³/mol. The van der Waals surface area contributed by atoms with Crippen LogP contribution < -0.4 is 5.32 Å². The second-order valence-electron chi connectivity index (χ2n) is 16.1. The average molecular weight is 724 g/mol. The van der Waals surface area contributed by atoms with Gasteiger partial charge in [-0.1, -0.05) is 194 Å². The Morgan fingerprint density at radius 3 is 1.12 bits per heavy atom. The number of carbonyl (C=O) groups is 3. The molecule has 0 heterocycles. The molecule has 0 aliphatic carbocycles. The fourth-order valence-corrected chi connectivity index (χ4v) is 6.43. The Labute approximate surface area is 316 Å². The van der Waals surface area contributed by atoms with Crippen LogP contribution in [0.15, 0.2) is 0 Å². The van der Waals surface area contributed by atoms with Gasteiger partial charge in [-0.05, 0) is 33.6 Å². The molecule has 0 aromatic carbocycles. The van der Waals surface area contributed by atoms with Crippen LogP contribution in [0.4, 0.5) is 4.79 Å². The van der Waals surface area contributed by atoms with Crippen LogP contribution in [-0.2, 0) is 23.8 Å². The molecule has 0 aliphatic rings. The van der Waals surface area contributed by atoms with Crippen molar-refractivity contribution in [2.45, 2.75) is 252 Å². The Kier molecular flexibility index (Phi) is 35.3. The van der Waals surface area contributed by atoms with E-state index < -0.39 is 17.8 Å². The summed E-state index contributed by atoms with van der Waals surface area (Å²) in [7, 11) is 0. The molecular weight excluding hydrogens is 638 g/mol. The molecule has 0 radical (unpaired) electrons. The quantitative estimate of drug-likeness (QED) is 0.0390. The largest absolute Gasteiger partial charge is 0.462 e. The first-order valence-electron chi connectivity index (χ1n) is 22.0. The molecule has 1 atom stereocenters. The third kappa shape index (κ3) is 39.3. The van der Waals surface area contributed by atoms with Crippen molar-refractivity contribution in [2.75, 3.05) is 13.2 Å². The lowest BCUT2D eigenvalue weighted by Crippen LogP contribution is -2.40. The molecule has 0 saturated heterocycles. The molecule has 1 amide bonds. The summed E-state index contributed by atoms with van der Waals surface area (Å²) in [6.45, 7) is 9.88. The maximum atomic E-state index is 12.6. The molecule has 7 nitrogen and oxygen atoms in total. The Morgan fingerprint density at radius 2 is 0.784 bits per heavy atom. The average Bonchev–Trinajstić information content (AvgIpc) is 3.08. The third-order valence-electron chi connectivity index (χ3n) is 9.57. The molecule has 0 spiro atoms. The maximum Gasteiger partial charge on any atom is 0.407 e. The number of hydrogen-bond acceptors (Lipinski definition) is 6. The van der Waals surface area contributed by atoms with Gasteiger partial charge in [0.1, 0.15) is 12.2 Å². The summed E-state index contributed by atoms with van der Waals surface area (Å²) in [6.07, 6.45) is 37.6. The van der Waals surface area contributed by atoms with Gasteiger partial charge in [-0.3, -0.25) is 9.59 Å². The minimum Gasteiger partial charge on any atom is -0.462 e. The molecule has 1 N–H and O–H groups in total. The predicted octanol–water partition coefficient (Wildman–Crippen LogP) is 13.5. The third-order valence-corrected chi connectivity index (χ3v) is 9.57. The van der Waals surface area contributed by atoms with Crippen LogP contribution in [-0.4, -0.2) is 42.9 Å². The van der Waals surface area contributed by atoms with Gasteiger partial charge in [0.2, 0.25) is 0 Å². The number of ether oxygens (including phenoxy) is 3. The van der Waals surface area contributed by atoms with E-state index >= 15 is 0 Å². The second-order valence-corrected chi connectivity index (χ2v) is 16.1. The van der Waals surface area contributed by atoms with E-state index in [0.717, 1.165) is 38.5 Å². The molecule has 302 valence electrons. The lowest BCUT2D eigenvalue weighted by molar-refractivity contribution is -0.159. The summed E-state index contributed by atoms with van der Waals surface area (Å²) in [4.78, 5) is 37.3. The zero-order valence-electron chi connectivity index (χ0n) is 34.6. The second kappa shape index (κ2) is 36.6. The molecule has 0 aromatic rings. The monoisotopic (exact) mass is 724 g/mol. The number of amides is 1. The number of nitrogens with one attached hydrogen (secondary N) is 1. The molecule has 0 fully saturated rings. The molecule has 1 unspecified atom stereocenters. The molecule has 0 rings (SSSR count). The molecule has 0 aromatic heterocycles. The van der Waals surface area contributed by atoms with Gasteiger partial charge in [0.05, 0.1) is 6.54 Å². The van der Waals surface area contributed by atoms with Crippen LogP contribution in [0.2, 0.25) is 0 Å². The van der Waals surface area contributed by atoms with Crippen LogP contribution in [0.1, 0.15) is 240 Å². The van der Waals surface area contributed by atoms with Gasteiger partial charge >= 0.3 is 18.0 Å². The summed E-state index contributed by atoms with van der Waals surface area (Å²) < 4.78 is 16.4. The fraction of sp³-hybridized carbons (Fsp3) is 0.932. The van der Waals surface area contributed by atoms with Crippen LogP contribution in [0.5, 0.6) is 0 Å². The Morgan fingerprint density at radius 1 is 0.471 bits per heavy atom. The lowest BCUT2D eigenvalue weighted by Gasteiger charge is -2.22. The first-order chi connectivity index (χ1) is 24.7. The van der Waals surface area contributed by atoms with Crippen molar-refractivity contribution in [3.05, 3.63) is 0 Å². The normalized spacial score (nSPS) is 12.1. The van der Waals surface area contributed by atoms with Crippen LogP contribution in [0, 0.1) is 0 Å². The summed E-state index contributed by atoms with van der Waals surface area (Å²) >= 11 is 0. The van der Waals surface area contributed by atoms with Gasteiger partial charge in [-0.15, -0.1) is 0 Å². The SMILES string of the molecule is CCCCCCCCCCCCCCCCCC(=O)OCC(CNC(=O)OC(C)(C)C)OC(=O)CCCCCCCCCCCCCCCCC. The summed E-state index contributed by atoms with van der Waals surface area (Å²) in [5.74, 6) is -0.607. The maximum absolute atomic E-state index is 12.6. The highest BCUT2D eigenvalue weighted by Crippen LogP contribution is 2.16. The van der Waals surface area contributed by atoms with E-state index in [4.69, 9.17) is 14.2 Å². The summed E-state index contributed by atoms with van der Waals surface area (Å²) in [6, 6.07) is 0. The van der Waals surface area contributed by atoms with Gasteiger partial charge in [0, 0.05) is 12.8 Å². The molecule has 0 aliphatic heterocycles. The van der Waals surface area contributed by atoms with Crippen molar-refractivity contribution in [2.24, 2.45) is 0 Å². The number of rotatable bonds is 37. The first-order valence-corrected chi connectivity index (χ1v) is 22.0. The summed E-state index contributed by atoms with van der Waals surface area (Å²) in [5.41, 5.74) is -0.635. The molecule has 0 saturated carbocycles. The minimum atomic E-state index is -0.744. The van der Waals surface area contributed by atoms with Crippen molar-refractivity contribution in [1.82, 2.24) is 5.32 Å². The zero-order valence-corrected chi connectivity index (χ0v) is 34.6. The number of alkyl carbamates (subject to hydrolysis) is 1. The van der Waals surface area contributed by atoms with E-state index in [-0.39, 0.29) is 25.1 Å². The highest BCUT2D eigenvalue weighted by atomic mass is 16.6. The van der Waals surface area contributed by atoms with Crippen molar-refractivity contribution in [3.63, 3.8) is 0 Å². The topological polar surface area (TPSA) is 90.9 Å². The molecule has 51 heavy (non-hydrogen) atoms. The number of hydrogen-bond donors (Lipinski definition) is 1. The van der Waals surface area contributed by atoms with Gasteiger partial charge in [-0.25, -0.2) is 4.79 Å². The smallest absolute Gasteiger partial charge is 0.407 e. The van der Waals surface area contributed by atoms with E-state index in [0.29, 0.717) is 12.8 Å².